The molecular weight excluding hydrogens is 493 g/mol. The second-order valence-corrected chi connectivity index (χ2v) is 11.7. The number of carbonyl (C=O) groups is 1. The molecule has 0 bridgehead atoms. The number of aromatic amines is 1. The molecule has 0 aliphatic carbocycles. The van der Waals surface area contributed by atoms with Gasteiger partial charge in [-0.25, -0.2) is 12.8 Å². The van der Waals surface area contributed by atoms with Crippen LogP contribution in [0, 0.1) is 5.82 Å². The van der Waals surface area contributed by atoms with Crippen LogP contribution >= 0.6 is 0 Å². The number of aromatic nitrogens is 2. The maximum atomic E-state index is 13.9. The van der Waals surface area contributed by atoms with Gasteiger partial charge in [0, 0.05) is 35.2 Å². The smallest absolute Gasteiger partial charge is 0.256 e. The Balaban J connectivity index is 1.50. The van der Waals surface area contributed by atoms with Gasteiger partial charge in [-0.2, -0.15) is 0 Å². The Morgan fingerprint density at radius 3 is 2.54 bits per heavy atom. The van der Waals surface area contributed by atoms with Crippen molar-refractivity contribution in [2.24, 2.45) is 0 Å². The van der Waals surface area contributed by atoms with Crippen molar-refractivity contribution in [1.29, 1.82) is 0 Å². The molecule has 1 aliphatic heterocycles. The van der Waals surface area contributed by atoms with Crippen LogP contribution in [0.3, 0.4) is 0 Å². The number of pyridine rings is 1. The number of carbonyl (C=O) groups excluding carboxylic acids is 1. The van der Waals surface area contributed by atoms with Crippen molar-refractivity contribution in [2.75, 3.05) is 5.75 Å². The lowest BCUT2D eigenvalue weighted by molar-refractivity contribution is 0.0711. The van der Waals surface area contributed by atoms with Gasteiger partial charge in [0.1, 0.15) is 11.4 Å². The summed E-state index contributed by atoms with van der Waals surface area (Å²) in [5, 5.41) is 12.2. The highest BCUT2D eigenvalue weighted by Gasteiger charge is 2.32. The van der Waals surface area contributed by atoms with Crippen LogP contribution in [0.25, 0.3) is 22.0 Å². The van der Waals surface area contributed by atoms with Gasteiger partial charge in [-0.3, -0.25) is 9.78 Å². The van der Waals surface area contributed by atoms with E-state index in [0.29, 0.717) is 16.6 Å². The topological polar surface area (TPSA) is 103 Å². The molecule has 7 nitrogen and oxygen atoms in total. The predicted molar refractivity (Wildman–Crippen MR) is 140 cm³/mol. The number of halogens is 1. The molecule has 4 aromatic rings. The average Bonchev–Trinajstić information content (AvgIpc) is 3.44. The predicted octanol–water partition coefficient (Wildman–Crippen LogP) is 4.55. The molecule has 0 spiro atoms. The average molecular weight is 520 g/mol. The van der Waals surface area contributed by atoms with Gasteiger partial charge >= 0.3 is 0 Å². The lowest BCUT2D eigenvalue weighted by atomic mass is 10.0. The first-order valence-electron chi connectivity index (χ1n) is 11.8. The highest BCUT2D eigenvalue weighted by Crippen LogP contribution is 2.29. The van der Waals surface area contributed by atoms with E-state index in [0.717, 1.165) is 27.6 Å². The molecule has 3 heterocycles. The number of amides is 1. The fraction of sp³-hybridized carbons (Fsp3) is 0.214. The Labute approximate surface area is 214 Å². The van der Waals surface area contributed by atoms with Gasteiger partial charge in [-0.05, 0) is 66.9 Å². The zero-order valence-electron chi connectivity index (χ0n) is 20.3. The van der Waals surface area contributed by atoms with Gasteiger partial charge in [-0.15, -0.1) is 0 Å². The van der Waals surface area contributed by atoms with Crippen molar-refractivity contribution in [3.8, 4) is 11.1 Å². The van der Waals surface area contributed by atoms with Gasteiger partial charge in [0.25, 0.3) is 5.91 Å². The van der Waals surface area contributed by atoms with Crippen LogP contribution in [-0.4, -0.2) is 46.1 Å². The first kappa shape index (κ1) is 24.9. The van der Waals surface area contributed by atoms with E-state index in [1.807, 2.05) is 18.2 Å². The Bertz CT molecular complexity index is 1620. The van der Waals surface area contributed by atoms with E-state index in [2.05, 4.69) is 9.97 Å². The molecule has 1 atom stereocenters. The number of benzene rings is 2. The second kappa shape index (κ2) is 9.24. The van der Waals surface area contributed by atoms with Crippen molar-refractivity contribution >= 4 is 26.6 Å². The van der Waals surface area contributed by atoms with Crippen molar-refractivity contribution in [2.45, 2.75) is 32.0 Å². The standard InChI is InChI=1S/C28H26FN3O4S/c1-28(2,34)26-13-18(9-11-30-26)16-32(22-10-12-37(35,36)17-22)27(33)24-15-31-25-14-20(5-8-23(24)25)19-3-6-21(29)7-4-19/h3-15,22,31,34H,16-17H2,1-2H3. The molecule has 1 amide bonds. The highest BCUT2D eigenvalue weighted by atomic mass is 32.2. The van der Waals surface area contributed by atoms with Crippen LogP contribution in [0.2, 0.25) is 0 Å². The SMILES string of the molecule is CC(C)(O)c1cc(CN(C(=O)c2c[nH]c3cc(-c4ccc(F)cc4)ccc23)C2C=CS(=O)(=O)C2)ccn1. The first-order valence-corrected chi connectivity index (χ1v) is 13.5. The van der Waals surface area contributed by atoms with E-state index in [9.17, 15) is 22.7 Å². The fourth-order valence-corrected chi connectivity index (χ4v) is 5.78. The molecule has 0 fully saturated rings. The summed E-state index contributed by atoms with van der Waals surface area (Å²) in [5.41, 5.74) is 2.85. The van der Waals surface area contributed by atoms with Gasteiger partial charge in [-0.1, -0.05) is 24.3 Å². The Kier molecular flexibility index (Phi) is 6.21. The molecule has 0 radical (unpaired) electrons. The minimum Gasteiger partial charge on any atom is -0.384 e. The van der Waals surface area contributed by atoms with Crippen LogP contribution in [0.5, 0.6) is 0 Å². The molecule has 5 rings (SSSR count). The largest absolute Gasteiger partial charge is 0.384 e. The van der Waals surface area contributed by atoms with Crippen molar-refractivity contribution in [3.63, 3.8) is 0 Å². The molecule has 37 heavy (non-hydrogen) atoms. The van der Waals surface area contributed by atoms with Gasteiger partial charge in [0.2, 0.25) is 0 Å². The molecular formula is C28H26FN3O4S. The second-order valence-electron chi connectivity index (χ2n) is 9.74. The summed E-state index contributed by atoms with van der Waals surface area (Å²) in [5.74, 6) is -0.835. The number of hydrogen-bond acceptors (Lipinski definition) is 5. The van der Waals surface area contributed by atoms with Crippen LogP contribution < -0.4 is 0 Å². The normalized spacial score (nSPS) is 16.8. The third-order valence-electron chi connectivity index (χ3n) is 6.47. The minimum atomic E-state index is -3.41. The fourth-order valence-electron chi connectivity index (χ4n) is 4.48. The zero-order chi connectivity index (χ0) is 26.4. The number of rotatable bonds is 6. The summed E-state index contributed by atoms with van der Waals surface area (Å²) in [6.45, 7) is 3.39. The third kappa shape index (κ3) is 5.19. The lowest BCUT2D eigenvalue weighted by Gasteiger charge is -2.28. The van der Waals surface area contributed by atoms with Gasteiger partial charge < -0.3 is 15.0 Å². The molecule has 2 aromatic carbocycles. The number of hydrogen-bond donors (Lipinski definition) is 2. The first-order chi connectivity index (χ1) is 17.5. The van der Waals surface area contributed by atoms with E-state index in [-0.39, 0.29) is 24.0 Å². The molecule has 2 N–H and O–H groups in total. The number of nitrogens with one attached hydrogen (secondary N) is 1. The number of fused-ring (bicyclic) bond motifs is 1. The zero-order valence-corrected chi connectivity index (χ0v) is 21.2. The summed E-state index contributed by atoms with van der Waals surface area (Å²) in [6.07, 6.45) is 4.72. The highest BCUT2D eigenvalue weighted by molar-refractivity contribution is 7.94. The minimum absolute atomic E-state index is 0.134. The third-order valence-corrected chi connectivity index (χ3v) is 7.84. The summed E-state index contributed by atoms with van der Waals surface area (Å²) in [4.78, 5) is 22.8. The maximum absolute atomic E-state index is 13.9. The van der Waals surface area contributed by atoms with Gasteiger partial charge in [0.15, 0.2) is 9.84 Å². The number of aliphatic hydroxyl groups is 1. The summed E-state index contributed by atoms with van der Waals surface area (Å²) in [7, 11) is -3.41. The van der Waals surface area contributed by atoms with Crippen LogP contribution in [0.1, 0.15) is 35.5 Å². The molecule has 0 saturated heterocycles. The molecule has 2 aromatic heterocycles. The molecule has 1 aliphatic rings. The molecule has 9 heteroatoms. The Hall–Kier alpha value is -3.82. The van der Waals surface area contributed by atoms with Crippen molar-refractivity contribution < 1.29 is 22.7 Å². The van der Waals surface area contributed by atoms with Crippen LogP contribution in [0.4, 0.5) is 4.39 Å². The lowest BCUT2D eigenvalue weighted by Crippen LogP contribution is -2.40. The summed E-state index contributed by atoms with van der Waals surface area (Å²) >= 11 is 0. The summed E-state index contributed by atoms with van der Waals surface area (Å²) < 4.78 is 37.7. The van der Waals surface area contributed by atoms with E-state index in [4.69, 9.17) is 0 Å². The number of sulfone groups is 1. The molecule has 0 saturated carbocycles. The van der Waals surface area contributed by atoms with E-state index in [1.165, 1.54) is 23.1 Å². The van der Waals surface area contributed by atoms with Crippen LogP contribution in [0.15, 0.2) is 78.5 Å². The Morgan fingerprint density at radius 2 is 1.86 bits per heavy atom. The maximum Gasteiger partial charge on any atom is 0.256 e. The van der Waals surface area contributed by atoms with E-state index in [1.54, 1.807) is 50.5 Å². The van der Waals surface area contributed by atoms with Crippen molar-refractivity contribution in [3.05, 3.63) is 101 Å². The van der Waals surface area contributed by atoms with E-state index >= 15 is 0 Å². The monoisotopic (exact) mass is 519 g/mol. The number of H-pyrrole nitrogens is 1. The van der Waals surface area contributed by atoms with Crippen LogP contribution in [-0.2, 0) is 22.0 Å². The Morgan fingerprint density at radius 1 is 1.14 bits per heavy atom. The number of nitrogens with zero attached hydrogens (tertiary/aromatic N) is 2. The summed E-state index contributed by atoms with van der Waals surface area (Å²) in [6, 6.07) is 14.6. The van der Waals surface area contributed by atoms with E-state index < -0.39 is 21.5 Å². The molecule has 190 valence electrons. The quantitative estimate of drug-likeness (QED) is 0.389. The van der Waals surface area contributed by atoms with Crippen molar-refractivity contribution in [1.82, 2.24) is 14.9 Å². The van der Waals surface area contributed by atoms with Gasteiger partial charge in [0.05, 0.1) is 23.1 Å². The molecule has 1 unspecified atom stereocenters.